The van der Waals surface area contributed by atoms with Gasteiger partial charge < -0.3 is 10.1 Å². The molecule has 0 aromatic heterocycles. The van der Waals surface area contributed by atoms with Gasteiger partial charge in [0.2, 0.25) is 0 Å². The molecule has 0 bridgehead atoms. The van der Waals surface area contributed by atoms with Gasteiger partial charge in [0.25, 0.3) is 0 Å². The average molecular weight is 256 g/mol. The van der Waals surface area contributed by atoms with Crippen molar-refractivity contribution in [1.82, 2.24) is 5.32 Å². The molecule has 0 aliphatic heterocycles. The highest BCUT2D eigenvalue weighted by atomic mass is 16.7. The Balaban J connectivity index is 3.75. The summed E-state index contributed by atoms with van der Waals surface area (Å²) in [5, 5.41) is 6.09. The van der Waals surface area contributed by atoms with Crippen LogP contribution >= 0.6 is 0 Å². The SMILES string of the molecule is C=C(C)C(=O)OCCNC(=O)ON=C(CC)CC. The molecule has 6 heteroatoms. The third-order valence-corrected chi connectivity index (χ3v) is 2.03. The molecule has 0 aromatic carbocycles. The fourth-order valence-corrected chi connectivity index (χ4v) is 0.937. The molecule has 0 spiro atoms. The highest BCUT2D eigenvalue weighted by Gasteiger charge is 2.04. The number of hydrogen-bond donors (Lipinski definition) is 1. The van der Waals surface area contributed by atoms with Crippen molar-refractivity contribution >= 4 is 17.8 Å². The fourth-order valence-electron chi connectivity index (χ4n) is 0.937. The van der Waals surface area contributed by atoms with Crippen molar-refractivity contribution in [2.45, 2.75) is 33.6 Å². The highest BCUT2D eigenvalue weighted by molar-refractivity contribution is 5.87. The van der Waals surface area contributed by atoms with Gasteiger partial charge in [-0.2, -0.15) is 0 Å². The Labute approximate surface area is 107 Å². The number of ether oxygens (including phenoxy) is 1. The highest BCUT2D eigenvalue weighted by Crippen LogP contribution is 1.93. The van der Waals surface area contributed by atoms with Gasteiger partial charge in [-0.25, -0.2) is 9.59 Å². The normalized spacial score (nSPS) is 9.28. The van der Waals surface area contributed by atoms with Crippen molar-refractivity contribution in [2.75, 3.05) is 13.2 Å². The minimum Gasteiger partial charge on any atom is -0.460 e. The second-order valence-electron chi connectivity index (χ2n) is 3.59. The molecule has 0 unspecified atom stereocenters. The molecule has 1 amide bonds. The van der Waals surface area contributed by atoms with E-state index in [2.05, 4.69) is 21.9 Å². The number of oxime groups is 1. The lowest BCUT2D eigenvalue weighted by atomic mass is 10.2. The fraction of sp³-hybridized carbons (Fsp3) is 0.583. The van der Waals surface area contributed by atoms with Crippen LogP contribution in [0.3, 0.4) is 0 Å². The predicted molar refractivity (Wildman–Crippen MR) is 68.3 cm³/mol. The summed E-state index contributed by atoms with van der Waals surface area (Å²) in [5.41, 5.74) is 1.12. The van der Waals surface area contributed by atoms with Crippen molar-refractivity contribution in [3.05, 3.63) is 12.2 Å². The molecular formula is C12H20N2O4. The lowest BCUT2D eigenvalue weighted by Gasteiger charge is -2.05. The van der Waals surface area contributed by atoms with E-state index in [0.29, 0.717) is 5.57 Å². The zero-order valence-electron chi connectivity index (χ0n) is 11.1. The molecule has 0 radical (unpaired) electrons. The van der Waals surface area contributed by atoms with Gasteiger partial charge in [0.05, 0.1) is 12.3 Å². The molecule has 18 heavy (non-hydrogen) atoms. The summed E-state index contributed by atoms with van der Waals surface area (Å²) >= 11 is 0. The molecule has 0 aromatic rings. The lowest BCUT2D eigenvalue weighted by molar-refractivity contribution is -0.138. The first-order chi connectivity index (χ1) is 8.51. The van der Waals surface area contributed by atoms with Crippen LogP contribution in [0.2, 0.25) is 0 Å². The molecule has 102 valence electrons. The summed E-state index contributed by atoms with van der Waals surface area (Å²) in [5.74, 6) is -0.484. The van der Waals surface area contributed by atoms with Crippen molar-refractivity contribution in [3.8, 4) is 0 Å². The van der Waals surface area contributed by atoms with E-state index >= 15 is 0 Å². The number of carbonyl (C=O) groups is 2. The van der Waals surface area contributed by atoms with E-state index in [-0.39, 0.29) is 13.2 Å². The molecular weight excluding hydrogens is 236 g/mol. The second-order valence-corrected chi connectivity index (χ2v) is 3.59. The molecule has 0 aliphatic rings. The van der Waals surface area contributed by atoms with Crippen molar-refractivity contribution in [1.29, 1.82) is 0 Å². The third-order valence-electron chi connectivity index (χ3n) is 2.03. The molecule has 0 fully saturated rings. The molecule has 0 atom stereocenters. The van der Waals surface area contributed by atoms with E-state index in [9.17, 15) is 9.59 Å². The number of nitrogens with one attached hydrogen (secondary N) is 1. The van der Waals surface area contributed by atoms with Crippen LogP contribution in [-0.4, -0.2) is 30.9 Å². The van der Waals surface area contributed by atoms with Crippen LogP contribution in [0, 0.1) is 0 Å². The number of carbonyl (C=O) groups excluding carboxylic acids is 2. The largest absolute Gasteiger partial charge is 0.460 e. The molecule has 1 N–H and O–H groups in total. The number of rotatable bonds is 7. The number of nitrogens with zero attached hydrogens (tertiary/aromatic N) is 1. The van der Waals surface area contributed by atoms with E-state index in [4.69, 9.17) is 4.74 Å². The van der Waals surface area contributed by atoms with Crippen LogP contribution in [0.1, 0.15) is 33.6 Å². The van der Waals surface area contributed by atoms with Crippen LogP contribution in [0.25, 0.3) is 0 Å². The van der Waals surface area contributed by atoms with Gasteiger partial charge in [-0.05, 0) is 19.8 Å². The Morgan fingerprint density at radius 1 is 1.28 bits per heavy atom. The monoisotopic (exact) mass is 256 g/mol. The van der Waals surface area contributed by atoms with Gasteiger partial charge in [0, 0.05) is 5.57 Å². The van der Waals surface area contributed by atoms with Crippen molar-refractivity contribution in [3.63, 3.8) is 0 Å². The summed E-state index contributed by atoms with van der Waals surface area (Å²) in [6, 6.07) is 0. The van der Waals surface area contributed by atoms with Gasteiger partial charge in [-0.15, -0.1) is 0 Å². The summed E-state index contributed by atoms with van der Waals surface area (Å²) in [6.45, 7) is 9.08. The maximum atomic E-state index is 11.2. The maximum absolute atomic E-state index is 11.2. The summed E-state index contributed by atoms with van der Waals surface area (Å²) in [6.07, 6.45) is 0.806. The third kappa shape index (κ3) is 7.43. The van der Waals surface area contributed by atoms with E-state index in [0.717, 1.165) is 18.6 Å². The quantitative estimate of drug-likeness (QED) is 0.189. The van der Waals surface area contributed by atoms with E-state index in [1.54, 1.807) is 6.92 Å². The minimum atomic E-state index is -0.666. The smallest absolute Gasteiger partial charge is 0.433 e. The summed E-state index contributed by atoms with van der Waals surface area (Å²) in [7, 11) is 0. The molecule has 0 heterocycles. The standard InChI is InChI=1S/C12H20N2O4/c1-5-10(6-2)14-18-12(16)13-7-8-17-11(15)9(3)4/h3,5-8H2,1-2,4H3,(H,13,16). The van der Waals surface area contributed by atoms with Gasteiger partial charge >= 0.3 is 12.1 Å². The molecule has 0 rings (SSSR count). The Morgan fingerprint density at radius 2 is 1.89 bits per heavy atom. The van der Waals surface area contributed by atoms with Crippen LogP contribution in [0.15, 0.2) is 17.3 Å². The Bertz CT molecular complexity index is 331. The van der Waals surface area contributed by atoms with Crippen LogP contribution in [0.5, 0.6) is 0 Å². The summed E-state index contributed by atoms with van der Waals surface area (Å²) in [4.78, 5) is 26.8. The minimum absolute atomic E-state index is 0.0684. The number of esters is 1. The topological polar surface area (TPSA) is 77.0 Å². The van der Waals surface area contributed by atoms with Gasteiger partial charge in [0.15, 0.2) is 0 Å². The van der Waals surface area contributed by atoms with Crippen molar-refractivity contribution < 1.29 is 19.2 Å². The molecule has 0 saturated heterocycles. The van der Waals surface area contributed by atoms with Crippen LogP contribution in [-0.2, 0) is 14.4 Å². The van der Waals surface area contributed by atoms with Gasteiger partial charge in [0.1, 0.15) is 6.61 Å². The first kappa shape index (κ1) is 16.1. The van der Waals surface area contributed by atoms with Crippen molar-refractivity contribution in [2.24, 2.45) is 5.16 Å². The average Bonchev–Trinajstić information content (AvgIpc) is 2.35. The Hall–Kier alpha value is -1.85. The van der Waals surface area contributed by atoms with E-state index in [1.165, 1.54) is 0 Å². The molecule has 0 aliphatic carbocycles. The molecule has 6 nitrogen and oxygen atoms in total. The van der Waals surface area contributed by atoms with Gasteiger partial charge in [-0.3, -0.25) is 4.84 Å². The Morgan fingerprint density at radius 3 is 2.39 bits per heavy atom. The van der Waals surface area contributed by atoms with E-state index in [1.807, 2.05) is 13.8 Å². The zero-order valence-corrected chi connectivity index (χ0v) is 11.1. The summed E-state index contributed by atoms with van der Waals surface area (Å²) < 4.78 is 4.78. The zero-order chi connectivity index (χ0) is 14.0. The van der Waals surface area contributed by atoms with Crippen LogP contribution < -0.4 is 5.32 Å². The van der Waals surface area contributed by atoms with Gasteiger partial charge in [-0.1, -0.05) is 25.6 Å². The maximum Gasteiger partial charge on any atom is 0.433 e. The van der Waals surface area contributed by atoms with E-state index < -0.39 is 12.1 Å². The lowest BCUT2D eigenvalue weighted by Crippen LogP contribution is -2.27. The number of amides is 1. The predicted octanol–water partition coefficient (Wildman–Crippen LogP) is 2.01. The molecule has 0 saturated carbocycles. The van der Waals surface area contributed by atoms with Crippen LogP contribution in [0.4, 0.5) is 4.79 Å². The first-order valence-corrected chi connectivity index (χ1v) is 5.84. The first-order valence-electron chi connectivity index (χ1n) is 5.84. The number of hydrogen-bond acceptors (Lipinski definition) is 5. The second kappa shape index (κ2) is 9.21. The Kier molecular flexibility index (Phi) is 8.26.